The molecule has 0 aliphatic rings. The van der Waals surface area contributed by atoms with Crippen molar-refractivity contribution in [1.82, 2.24) is 0 Å². The molecule has 0 bridgehead atoms. The lowest BCUT2D eigenvalue weighted by molar-refractivity contribution is 0.0962. The first kappa shape index (κ1) is 12.5. The Labute approximate surface area is 107 Å². The second-order valence-corrected chi connectivity index (χ2v) is 4.38. The summed E-state index contributed by atoms with van der Waals surface area (Å²) in [4.78, 5) is 12.5. The predicted octanol–water partition coefficient (Wildman–Crippen LogP) is 2.92. The normalized spacial score (nSPS) is 12.1. The van der Waals surface area contributed by atoms with Gasteiger partial charge in [-0.15, -0.1) is 0 Å². The van der Waals surface area contributed by atoms with Crippen molar-refractivity contribution in [2.75, 3.05) is 6.54 Å². The fourth-order valence-corrected chi connectivity index (χ4v) is 2.12. The van der Waals surface area contributed by atoms with E-state index >= 15 is 0 Å². The molecule has 0 spiro atoms. The molecule has 2 aromatic carbocycles. The van der Waals surface area contributed by atoms with Gasteiger partial charge in [-0.2, -0.15) is 0 Å². The van der Waals surface area contributed by atoms with Crippen LogP contribution in [-0.2, 0) is 0 Å². The molecule has 0 amide bonds. The highest BCUT2D eigenvalue weighted by atomic mass is 16.1. The van der Waals surface area contributed by atoms with Crippen molar-refractivity contribution >= 4 is 5.78 Å². The van der Waals surface area contributed by atoms with E-state index in [1.807, 2.05) is 61.5 Å². The Bertz CT molecular complexity index is 534. The number of nitrogens with two attached hydrogens (primary N) is 1. The highest BCUT2D eigenvalue weighted by molar-refractivity contribution is 6.02. The third-order valence-electron chi connectivity index (χ3n) is 3.16. The minimum atomic E-state index is -0.257. The average Bonchev–Trinajstić information content (AvgIpc) is 2.41. The van der Waals surface area contributed by atoms with Crippen LogP contribution in [-0.4, -0.2) is 12.3 Å². The van der Waals surface area contributed by atoms with Crippen LogP contribution in [0.2, 0.25) is 0 Å². The molecule has 18 heavy (non-hydrogen) atoms. The lowest BCUT2D eigenvalue weighted by Gasteiger charge is -2.15. The van der Waals surface area contributed by atoms with Gasteiger partial charge in [0.1, 0.15) is 0 Å². The van der Waals surface area contributed by atoms with E-state index in [-0.39, 0.29) is 11.7 Å². The largest absolute Gasteiger partial charge is 0.329 e. The van der Waals surface area contributed by atoms with Gasteiger partial charge in [-0.3, -0.25) is 4.79 Å². The molecule has 0 heterocycles. The van der Waals surface area contributed by atoms with Crippen molar-refractivity contribution < 1.29 is 4.79 Å². The van der Waals surface area contributed by atoms with Gasteiger partial charge < -0.3 is 5.73 Å². The smallest absolute Gasteiger partial charge is 0.171 e. The second-order valence-electron chi connectivity index (χ2n) is 4.38. The van der Waals surface area contributed by atoms with Gasteiger partial charge >= 0.3 is 0 Å². The summed E-state index contributed by atoms with van der Waals surface area (Å²) in [5.41, 5.74) is 8.51. The molecule has 1 atom stereocenters. The second kappa shape index (κ2) is 5.61. The third kappa shape index (κ3) is 2.49. The monoisotopic (exact) mass is 239 g/mol. The highest BCUT2D eigenvalue weighted by Gasteiger charge is 2.21. The Morgan fingerprint density at radius 3 is 2.28 bits per heavy atom. The number of rotatable bonds is 4. The van der Waals surface area contributed by atoms with E-state index in [1.165, 1.54) is 0 Å². The van der Waals surface area contributed by atoms with Crippen LogP contribution >= 0.6 is 0 Å². The maximum atomic E-state index is 12.5. The number of hydrogen-bond donors (Lipinski definition) is 1. The van der Waals surface area contributed by atoms with E-state index in [0.29, 0.717) is 6.54 Å². The van der Waals surface area contributed by atoms with Crippen molar-refractivity contribution in [3.63, 3.8) is 0 Å². The molecule has 2 aromatic rings. The first-order valence-corrected chi connectivity index (χ1v) is 6.09. The van der Waals surface area contributed by atoms with Gasteiger partial charge in [-0.05, 0) is 18.1 Å². The Morgan fingerprint density at radius 1 is 1.06 bits per heavy atom. The van der Waals surface area contributed by atoms with E-state index in [2.05, 4.69) is 0 Å². The van der Waals surface area contributed by atoms with Crippen LogP contribution in [0.25, 0.3) is 0 Å². The minimum Gasteiger partial charge on any atom is -0.329 e. The van der Waals surface area contributed by atoms with Crippen LogP contribution in [0, 0.1) is 6.92 Å². The molecule has 2 heteroatoms. The Balaban J connectivity index is 2.35. The lowest BCUT2D eigenvalue weighted by atomic mass is 9.89. The van der Waals surface area contributed by atoms with Crippen LogP contribution in [0.15, 0.2) is 54.6 Å². The Morgan fingerprint density at radius 2 is 1.67 bits per heavy atom. The number of Topliss-reactive ketones (excluding diaryl/α,β-unsaturated/α-hetero) is 1. The first-order valence-electron chi connectivity index (χ1n) is 6.09. The fraction of sp³-hybridized carbons (Fsp3) is 0.188. The van der Waals surface area contributed by atoms with Gasteiger partial charge in [-0.1, -0.05) is 54.6 Å². The number of hydrogen-bond acceptors (Lipinski definition) is 2. The van der Waals surface area contributed by atoms with E-state index in [4.69, 9.17) is 5.73 Å². The maximum absolute atomic E-state index is 12.5. The number of carbonyl (C=O) groups is 1. The SMILES string of the molecule is Cc1ccccc1C(=O)C(CN)c1ccccc1. The quantitative estimate of drug-likeness (QED) is 0.834. The number of aryl methyl sites for hydroxylation is 1. The van der Waals surface area contributed by atoms with E-state index in [9.17, 15) is 4.79 Å². The van der Waals surface area contributed by atoms with Crippen LogP contribution in [0.3, 0.4) is 0 Å². The van der Waals surface area contributed by atoms with Gasteiger partial charge in [0.25, 0.3) is 0 Å². The van der Waals surface area contributed by atoms with Gasteiger partial charge in [0.05, 0.1) is 5.92 Å². The molecule has 2 nitrogen and oxygen atoms in total. The lowest BCUT2D eigenvalue weighted by Crippen LogP contribution is -2.22. The summed E-state index contributed by atoms with van der Waals surface area (Å²) in [6.07, 6.45) is 0. The zero-order valence-electron chi connectivity index (χ0n) is 10.5. The summed E-state index contributed by atoms with van der Waals surface area (Å²) in [5.74, 6) is -0.158. The highest BCUT2D eigenvalue weighted by Crippen LogP contribution is 2.21. The molecule has 0 saturated carbocycles. The van der Waals surface area contributed by atoms with Crippen molar-refractivity contribution in [3.8, 4) is 0 Å². The van der Waals surface area contributed by atoms with Crippen molar-refractivity contribution in [3.05, 3.63) is 71.3 Å². The minimum absolute atomic E-state index is 0.0989. The molecule has 0 aromatic heterocycles. The molecule has 0 saturated heterocycles. The molecule has 1 unspecified atom stereocenters. The molecule has 92 valence electrons. The van der Waals surface area contributed by atoms with Crippen LogP contribution < -0.4 is 5.73 Å². The van der Waals surface area contributed by atoms with Gasteiger partial charge in [0.15, 0.2) is 5.78 Å². The maximum Gasteiger partial charge on any atom is 0.171 e. The molecule has 2 rings (SSSR count). The molecule has 0 fully saturated rings. The number of ketones is 1. The molecular formula is C16H17NO. The topological polar surface area (TPSA) is 43.1 Å². The van der Waals surface area contributed by atoms with E-state index in [0.717, 1.165) is 16.7 Å². The summed E-state index contributed by atoms with van der Waals surface area (Å²) >= 11 is 0. The fourth-order valence-electron chi connectivity index (χ4n) is 2.12. The van der Waals surface area contributed by atoms with Crippen LogP contribution in [0.4, 0.5) is 0 Å². The molecule has 0 radical (unpaired) electrons. The van der Waals surface area contributed by atoms with Gasteiger partial charge in [0.2, 0.25) is 0 Å². The van der Waals surface area contributed by atoms with Gasteiger partial charge in [0, 0.05) is 12.1 Å². The summed E-state index contributed by atoms with van der Waals surface area (Å²) in [5, 5.41) is 0. The number of benzene rings is 2. The van der Waals surface area contributed by atoms with Crippen LogP contribution in [0.1, 0.15) is 27.4 Å². The van der Waals surface area contributed by atoms with Crippen LogP contribution in [0.5, 0.6) is 0 Å². The molecule has 2 N–H and O–H groups in total. The van der Waals surface area contributed by atoms with Crippen molar-refractivity contribution in [2.24, 2.45) is 5.73 Å². The van der Waals surface area contributed by atoms with E-state index < -0.39 is 0 Å². The standard InChI is InChI=1S/C16H17NO/c1-12-7-5-6-10-14(12)16(18)15(11-17)13-8-3-2-4-9-13/h2-10,15H,11,17H2,1H3. The molecule has 0 aliphatic carbocycles. The summed E-state index contributed by atoms with van der Waals surface area (Å²) in [6.45, 7) is 2.28. The number of carbonyl (C=O) groups excluding carboxylic acids is 1. The Hall–Kier alpha value is -1.93. The molecule has 0 aliphatic heterocycles. The first-order chi connectivity index (χ1) is 8.74. The summed E-state index contributed by atoms with van der Waals surface area (Å²) < 4.78 is 0. The van der Waals surface area contributed by atoms with Crippen molar-refractivity contribution in [2.45, 2.75) is 12.8 Å². The Kier molecular flexibility index (Phi) is 3.90. The summed E-state index contributed by atoms with van der Waals surface area (Å²) in [7, 11) is 0. The summed E-state index contributed by atoms with van der Waals surface area (Å²) in [6, 6.07) is 17.4. The van der Waals surface area contributed by atoms with Crippen molar-refractivity contribution in [1.29, 1.82) is 0 Å². The zero-order chi connectivity index (χ0) is 13.0. The predicted molar refractivity (Wildman–Crippen MR) is 73.7 cm³/mol. The third-order valence-corrected chi connectivity index (χ3v) is 3.16. The van der Waals surface area contributed by atoms with Gasteiger partial charge in [-0.25, -0.2) is 0 Å². The van der Waals surface area contributed by atoms with E-state index in [1.54, 1.807) is 0 Å². The zero-order valence-corrected chi connectivity index (χ0v) is 10.5. The average molecular weight is 239 g/mol. The molecular weight excluding hydrogens is 222 g/mol.